The first-order chi connectivity index (χ1) is 20.9. The number of rotatable bonds is 2. The minimum Gasteiger partial charge on any atom is -0.383 e. The van der Waals surface area contributed by atoms with E-state index in [2.05, 4.69) is 36.3 Å². The first kappa shape index (κ1) is 33.5. The van der Waals surface area contributed by atoms with Gasteiger partial charge in [0.2, 0.25) is 0 Å². The minimum atomic E-state index is 0.326. The molecule has 3 aliphatic carbocycles. The third-order valence-corrected chi connectivity index (χ3v) is 8.94. The van der Waals surface area contributed by atoms with Crippen LogP contribution in [0.2, 0.25) is 0 Å². The van der Waals surface area contributed by atoms with Gasteiger partial charge in [0.1, 0.15) is 46.5 Å². The van der Waals surface area contributed by atoms with Gasteiger partial charge in [-0.1, -0.05) is 73.7 Å². The van der Waals surface area contributed by atoms with Gasteiger partial charge >= 0.3 is 0 Å². The molecule has 0 bridgehead atoms. The van der Waals surface area contributed by atoms with Gasteiger partial charge in [-0.25, -0.2) is 4.68 Å². The predicted molar refractivity (Wildman–Crippen MR) is 170 cm³/mol. The number of anilines is 3. The summed E-state index contributed by atoms with van der Waals surface area (Å²) in [6.07, 6.45) is 24.1. The van der Waals surface area contributed by atoms with Crippen LogP contribution < -0.4 is 17.2 Å². The zero-order valence-electron chi connectivity index (χ0n) is 24.8. The molecule has 7 N–H and O–H groups in total. The van der Waals surface area contributed by atoms with Crippen LogP contribution in [0.5, 0.6) is 0 Å². The van der Waals surface area contributed by atoms with Gasteiger partial charge in [0.25, 0.3) is 0 Å². The number of nitrogens with zero attached hydrogens (tertiary/aromatic N) is 8. The Morgan fingerprint density at radius 1 is 0.721 bits per heavy atom. The van der Waals surface area contributed by atoms with Crippen molar-refractivity contribution in [2.24, 2.45) is 0 Å². The first-order valence-electron chi connectivity index (χ1n) is 15.2. The second kappa shape index (κ2) is 17.8. The van der Waals surface area contributed by atoms with E-state index in [-0.39, 0.29) is 0 Å². The van der Waals surface area contributed by atoms with E-state index in [1.54, 1.807) is 12.4 Å². The average molecular weight is 652 g/mol. The minimum absolute atomic E-state index is 0.326. The standard InChI is InChI=1S/2C10H14N4.C6H11Br.C4H4N4/c11-6-8-7-14(13-10(8)12)9-4-2-1-3-5-9;11-6-8-7-13-14(10(8)12)9-4-2-1-3-5-9;7-6-4-2-1-3-5-6;5-1-3-2-7-8-4(3)6/h7,9H,1-5H2,(H2,12,13);7,9H,1-5,12H2;6H,1-5H2;2H,(H3,6,7,8). The maximum atomic E-state index is 8.75. The molecule has 0 unspecified atom stereocenters. The van der Waals surface area contributed by atoms with E-state index in [0.29, 0.717) is 46.2 Å². The molecule has 13 heteroatoms. The molecule has 0 aliphatic heterocycles. The topological polar surface area (TPSA) is 214 Å². The number of H-pyrrole nitrogens is 1. The van der Waals surface area contributed by atoms with Crippen LogP contribution >= 0.6 is 15.9 Å². The molecule has 3 aromatic heterocycles. The van der Waals surface area contributed by atoms with Crippen molar-refractivity contribution in [3.05, 3.63) is 35.3 Å². The highest BCUT2D eigenvalue weighted by Gasteiger charge is 2.19. The lowest BCUT2D eigenvalue weighted by atomic mass is 9.96. The van der Waals surface area contributed by atoms with Crippen molar-refractivity contribution >= 4 is 33.4 Å². The second-order valence-electron chi connectivity index (χ2n) is 11.1. The van der Waals surface area contributed by atoms with Gasteiger partial charge < -0.3 is 17.2 Å². The fraction of sp³-hybridized carbons (Fsp3) is 0.600. The summed E-state index contributed by atoms with van der Waals surface area (Å²) in [5.74, 6) is 1.21. The number of hydrogen-bond acceptors (Lipinski definition) is 9. The number of alkyl halides is 1. The zero-order valence-corrected chi connectivity index (χ0v) is 26.3. The molecule has 0 radical (unpaired) electrons. The molecular formula is C30H43BrN12. The van der Waals surface area contributed by atoms with Crippen LogP contribution in [0.1, 0.15) is 125 Å². The van der Waals surface area contributed by atoms with Crippen LogP contribution in [0.3, 0.4) is 0 Å². The molecule has 0 aromatic carbocycles. The number of nitrogen functional groups attached to an aromatic ring is 3. The van der Waals surface area contributed by atoms with Crippen molar-refractivity contribution in [3.63, 3.8) is 0 Å². The van der Waals surface area contributed by atoms with Crippen LogP contribution in [0.4, 0.5) is 17.5 Å². The Labute approximate surface area is 262 Å². The van der Waals surface area contributed by atoms with E-state index >= 15 is 0 Å². The van der Waals surface area contributed by atoms with Crippen molar-refractivity contribution in [2.45, 2.75) is 113 Å². The molecule has 3 aromatic rings. The van der Waals surface area contributed by atoms with Gasteiger partial charge in [0.15, 0.2) is 5.82 Å². The Balaban J connectivity index is 0.000000164. The fourth-order valence-corrected chi connectivity index (χ4v) is 6.18. The van der Waals surface area contributed by atoms with E-state index in [1.807, 2.05) is 27.6 Å². The molecule has 12 nitrogen and oxygen atoms in total. The van der Waals surface area contributed by atoms with Crippen molar-refractivity contribution in [1.82, 2.24) is 29.8 Å². The summed E-state index contributed by atoms with van der Waals surface area (Å²) in [5, 5.41) is 40.0. The molecule has 3 fully saturated rings. The molecule has 0 amide bonds. The molecule has 3 saturated carbocycles. The molecule has 230 valence electrons. The maximum Gasteiger partial charge on any atom is 0.163 e. The number of aromatic nitrogens is 6. The second-order valence-corrected chi connectivity index (χ2v) is 12.4. The number of halogens is 1. The summed E-state index contributed by atoms with van der Waals surface area (Å²) < 4.78 is 3.69. The third kappa shape index (κ3) is 10.3. The van der Waals surface area contributed by atoms with Crippen LogP contribution in [0.15, 0.2) is 18.6 Å². The average Bonchev–Trinajstić information content (AvgIpc) is 3.76. The highest BCUT2D eigenvalue weighted by molar-refractivity contribution is 9.09. The summed E-state index contributed by atoms with van der Waals surface area (Å²) in [4.78, 5) is 0.848. The van der Waals surface area contributed by atoms with Gasteiger partial charge in [-0.05, 0) is 38.5 Å². The number of hydrogen-bond donors (Lipinski definition) is 4. The summed E-state index contributed by atoms with van der Waals surface area (Å²) in [5.41, 5.74) is 18.0. The van der Waals surface area contributed by atoms with Crippen LogP contribution in [-0.2, 0) is 0 Å². The smallest absolute Gasteiger partial charge is 0.163 e. The summed E-state index contributed by atoms with van der Waals surface area (Å²) in [7, 11) is 0. The van der Waals surface area contributed by atoms with Gasteiger partial charge in [-0.2, -0.15) is 31.1 Å². The Bertz CT molecular complexity index is 1360. The highest BCUT2D eigenvalue weighted by atomic mass is 79.9. The van der Waals surface area contributed by atoms with Crippen LogP contribution in [-0.4, -0.2) is 34.6 Å². The van der Waals surface area contributed by atoms with Gasteiger partial charge in [-0.3, -0.25) is 9.78 Å². The molecule has 43 heavy (non-hydrogen) atoms. The lowest BCUT2D eigenvalue weighted by Crippen LogP contribution is -2.16. The number of nitrogens with one attached hydrogen (secondary N) is 1. The SMILES string of the molecule is BrC1CCCCC1.N#Cc1cn(C2CCCCC2)nc1N.N#Cc1cn[nH]c1N.N#Cc1cnn(C2CCCCC2)c1N. The van der Waals surface area contributed by atoms with Gasteiger partial charge in [0.05, 0.1) is 24.5 Å². The Morgan fingerprint density at radius 2 is 1.26 bits per heavy atom. The molecule has 3 aliphatic rings. The Hall–Kier alpha value is -4.02. The predicted octanol–water partition coefficient (Wildman–Crippen LogP) is 6.26. The van der Waals surface area contributed by atoms with E-state index in [1.165, 1.54) is 76.8 Å². The monoisotopic (exact) mass is 650 g/mol. The lowest BCUT2D eigenvalue weighted by Gasteiger charge is -2.22. The largest absolute Gasteiger partial charge is 0.383 e. The van der Waals surface area contributed by atoms with E-state index in [0.717, 1.165) is 30.5 Å². The van der Waals surface area contributed by atoms with Crippen molar-refractivity contribution < 1.29 is 0 Å². The third-order valence-electron chi connectivity index (χ3n) is 8.03. The first-order valence-corrected chi connectivity index (χ1v) is 16.1. The summed E-state index contributed by atoms with van der Waals surface area (Å²) >= 11 is 3.59. The van der Waals surface area contributed by atoms with E-state index in [9.17, 15) is 0 Å². The zero-order chi connectivity index (χ0) is 31.0. The number of nitriles is 3. The molecule has 6 rings (SSSR count). The van der Waals surface area contributed by atoms with E-state index < -0.39 is 0 Å². The Kier molecular flexibility index (Phi) is 13.9. The molecule has 0 atom stereocenters. The normalized spacial score (nSPS) is 17.3. The fourth-order valence-electron chi connectivity index (χ4n) is 5.54. The number of nitrogens with two attached hydrogens (primary N) is 3. The van der Waals surface area contributed by atoms with Crippen LogP contribution in [0.25, 0.3) is 0 Å². The molecular weight excluding hydrogens is 608 g/mol. The number of aromatic amines is 1. The summed E-state index contributed by atoms with van der Waals surface area (Å²) in [6, 6.07) is 6.81. The van der Waals surface area contributed by atoms with Gasteiger partial charge in [0, 0.05) is 11.0 Å². The molecule has 0 spiro atoms. The molecule has 0 saturated heterocycles. The maximum absolute atomic E-state index is 8.75. The van der Waals surface area contributed by atoms with Gasteiger partial charge in [-0.15, -0.1) is 0 Å². The van der Waals surface area contributed by atoms with E-state index in [4.69, 9.17) is 33.0 Å². The van der Waals surface area contributed by atoms with Crippen LogP contribution in [0, 0.1) is 34.0 Å². The molecule has 3 heterocycles. The quantitative estimate of drug-likeness (QED) is 0.230. The highest BCUT2D eigenvalue weighted by Crippen LogP contribution is 2.30. The summed E-state index contributed by atoms with van der Waals surface area (Å²) in [6.45, 7) is 0. The Morgan fingerprint density at radius 3 is 1.65 bits per heavy atom. The van der Waals surface area contributed by atoms with Crippen molar-refractivity contribution in [2.75, 3.05) is 17.2 Å². The lowest BCUT2D eigenvalue weighted by molar-refractivity contribution is 0.330. The van der Waals surface area contributed by atoms with Crippen molar-refractivity contribution in [1.29, 1.82) is 15.8 Å². The van der Waals surface area contributed by atoms with Crippen molar-refractivity contribution in [3.8, 4) is 18.2 Å².